The molecule has 1 amide bonds. The standard InChI is InChI=1S/C11H22N2O.2C2H6/c1-9(2)7-11(14)13-6-5-12(4)10(3)8-13;2*1-2/h9-10H,5-8H2,1-4H3;2*1-2H3/t10-;;/m1../s1. The summed E-state index contributed by atoms with van der Waals surface area (Å²) in [4.78, 5) is 16.1. The summed E-state index contributed by atoms with van der Waals surface area (Å²) >= 11 is 0. The van der Waals surface area contributed by atoms with E-state index in [1.54, 1.807) is 0 Å². The molecule has 3 heteroatoms. The lowest BCUT2D eigenvalue weighted by molar-refractivity contribution is -0.134. The fourth-order valence-electron chi connectivity index (χ4n) is 1.75. The summed E-state index contributed by atoms with van der Waals surface area (Å²) in [6.07, 6.45) is 0.691. The van der Waals surface area contributed by atoms with Gasteiger partial charge < -0.3 is 9.80 Å². The molecular formula is C15H34N2O. The highest BCUT2D eigenvalue weighted by molar-refractivity contribution is 5.76. The van der Waals surface area contributed by atoms with E-state index in [0.29, 0.717) is 24.3 Å². The van der Waals surface area contributed by atoms with E-state index in [1.807, 2.05) is 32.6 Å². The van der Waals surface area contributed by atoms with Crippen LogP contribution in [0.4, 0.5) is 0 Å². The van der Waals surface area contributed by atoms with Crippen molar-refractivity contribution in [3.63, 3.8) is 0 Å². The molecule has 0 aliphatic carbocycles. The van der Waals surface area contributed by atoms with Crippen LogP contribution in [-0.4, -0.2) is 48.4 Å². The maximum absolute atomic E-state index is 11.8. The molecule has 1 aliphatic heterocycles. The van der Waals surface area contributed by atoms with Crippen LogP contribution in [0.1, 0.15) is 54.9 Å². The van der Waals surface area contributed by atoms with Gasteiger partial charge in [-0.3, -0.25) is 4.79 Å². The maximum atomic E-state index is 11.8. The fourth-order valence-corrected chi connectivity index (χ4v) is 1.75. The summed E-state index contributed by atoms with van der Waals surface area (Å²) in [6, 6.07) is 0.500. The zero-order chi connectivity index (χ0) is 14.7. The van der Waals surface area contributed by atoms with Crippen LogP contribution in [-0.2, 0) is 4.79 Å². The van der Waals surface area contributed by atoms with E-state index in [2.05, 4.69) is 32.7 Å². The second kappa shape index (κ2) is 11.5. The Hall–Kier alpha value is -0.570. The third-order valence-electron chi connectivity index (χ3n) is 2.90. The first-order valence-corrected chi connectivity index (χ1v) is 7.48. The molecule has 18 heavy (non-hydrogen) atoms. The van der Waals surface area contributed by atoms with Gasteiger partial charge in [0.1, 0.15) is 0 Å². The van der Waals surface area contributed by atoms with Crippen LogP contribution in [0.25, 0.3) is 0 Å². The van der Waals surface area contributed by atoms with Crippen LogP contribution in [0.3, 0.4) is 0 Å². The Balaban J connectivity index is 0. The summed E-state index contributed by atoms with van der Waals surface area (Å²) < 4.78 is 0. The van der Waals surface area contributed by atoms with Gasteiger partial charge in [0.05, 0.1) is 0 Å². The smallest absolute Gasteiger partial charge is 0.222 e. The van der Waals surface area contributed by atoms with Crippen molar-refractivity contribution in [1.82, 2.24) is 9.80 Å². The number of hydrogen-bond donors (Lipinski definition) is 0. The highest BCUT2D eigenvalue weighted by Gasteiger charge is 2.24. The lowest BCUT2D eigenvalue weighted by atomic mass is 10.1. The summed E-state index contributed by atoms with van der Waals surface area (Å²) in [5.41, 5.74) is 0. The van der Waals surface area contributed by atoms with Crippen molar-refractivity contribution >= 4 is 5.91 Å². The third kappa shape index (κ3) is 7.70. The van der Waals surface area contributed by atoms with Crippen molar-refractivity contribution in [1.29, 1.82) is 0 Å². The number of rotatable bonds is 2. The number of amides is 1. The lowest BCUT2D eigenvalue weighted by Crippen LogP contribution is -2.52. The van der Waals surface area contributed by atoms with E-state index in [4.69, 9.17) is 0 Å². The van der Waals surface area contributed by atoms with Gasteiger partial charge in [-0.05, 0) is 19.9 Å². The van der Waals surface area contributed by atoms with Crippen LogP contribution in [0.5, 0.6) is 0 Å². The zero-order valence-electron chi connectivity index (χ0n) is 13.8. The molecule has 0 saturated carbocycles. The Kier molecular flexibility index (Phi) is 12.6. The van der Waals surface area contributed by atoms with Crippen molar-refractivity contribution in [2.24, 2.45) is 5.92 Å². The first kappa shape index (κ1) is 19.8. The molecule has 0 aromatic rings. The maximum Gasteiger partial charge on any atom is 0.222 e. The van der Waals surface area contributed by atoms with Gasteiger partial charge >= 0.3 is 0 Å². The topological polar surface area (TPSA) is 23.6 Å². The normalized spacial score (nSPS) is 19.6. The summed E-state index contributed by atoms with van der Waals surface area (Å²) in [7, 11) is 2.12. The number of piperazine rings is 1. The van der Waals surface area contributed by atoms with Gasteiger partial charge in [0, 0.05) is 32.1 Å². The average molecular weight is 258 g/mol. The van der Waals surface area contributed by atoms with E-state index in [-0.39, 0.29) is 0 Å². The molecule has 0 spiro atoms. The van der Waals surface area contributed by atoms with Crippen LogP contribution in [0, 0.1) is 5.92 Å². The second-order valence-corrected chi connectivity index (χ2v) is 4.77. The molecule has 110 valence electrons. The van der Waals surface area contributed by atoms with Gasteiger partial charge in [-0.2, -0.15) is 0 Å². The highest BCUT2D eigenvalue weighted by Crippen LogP contribution is 2.10. The van der Waals surface area contributed by atoms with Gasteiger partial charge in [0.25, 0.3) is 0 Å². The fraction of sp³-hybridized carbons (Fsp3) is 0.933. The first-order chi connectivity index (χ1) is 8.50. The molecule has 0 unspecified atom stereocenters. The number of carbonyl (C=O) groups is 1. The van der Waals surface area contributed by atoms with Crippen LogP contribution < -0.4 is 0 Å². The van der Waals surface area contributed by atoms with Gasteiger partial charge in [-0.15, -0.1) is 0 Å². The average Bonchev–Trinajstić information content (AvgIpc) is 2.36. The molecule has 1 aliphatic rings. The van der Waals surface area contributed by atoms with Crippen LogP contribution in [0.2, 0.25) is 0 Å². The molecular weight excluding hydrogens is 224 g/mol. The number of nitrogens with zero attached hydrogens (tertiary/aromatic N) is 2. The Morgan fingerprint density at radius 1 is 1.17 bits per heavy atom. The van der Waals surface area contributed by atoms with E-state index >= 15 is 0 Å². The predicted octanol–water partition coefficient (Wildman–Crippen LogP) is 3.25. The van der Waals surface area contributed by atoms with Gasteiger partial charge in [0.2, 0.25) is 5.91 Å². The second-order valence-electron chi connectivity index (χ2n) is 4.77. The highest BCUT2D eigenvalue weighted by atomic mass is 16.2. The monoisotopic (exact) mass is 258 g/mol. The molecule has 0 aromatic carbocycles. The van der Waals surface area contributed by atoms with E-state index < -0.39 is 0 Å². The molecule has 1 heterocycles. The number of carbonyl (C=O) groups excluding carboxylic acids is 1. The third-order valence-corrected chi connectivity index (χ3v) is 2.90. The molecule has 0 N–H and O–H groups in total. The Morgan fingerprint density at radius 2 is 1.67 bits per heavy atom. The van der Waals surface area contributed by atoms with E-state index in [9.17, 15) is 4.79 Å². The lowest BCUT2D eigenvalue weighted by Gasteiger charge is -2.38. The minimum Gasteiger partial charge on any atom is -0.340 e. The summed E-state index contributed by atoms with van der Waals surface area (Å²) in [5.74, 6) is 0.789. The van der Waals surface area contributed by atoms with E-state index in [0.717, 1.165) is 19.6 Å². The molecule has 1 fully saturated rings. The SMILES string of the molecule is CC.CC.CC(C)CC(=O)N1CCN(C)[C@H](C)C1. The van der Waals surface area contributed by atoms with Gasteiger partial charge in [-0.1, -0.05) is 41.5 Å². The van der Waals surface area contributed by atoms with Crippen LogP contribution >= 0.6 is 0 Å². The Morgan fingerprint density at radius 3 is 2.06 bits per heavy atom. The van der Waals surface area contributed by atoms with Crippen molar-refractivity contribution in [3.05, 3.63) is 0 Å². The molecule has 0 radical (unpaired) electrons. The van der Waals surface area contributed by atoms with Gasteiger partial charge in [0.15, 0.2) is 0 Å². The first-order valence-electron chi connectivity index (χ1n) is 7.48. The van der Waals surface area contributed by atoms with Crippen molar-refractivity contribution < 1.29 is 4.79 Å². The molecule has 3 nitrogen and oxygen atoms in total. The quantitative estimate of drug-likeness (QED) is 0.759. The largest absolute Gasteiger partial charge is 0.340 e. The minimum atomic E-state index is 0.319. The van der Waals surface area contributed by atoms with Crippen molar-refractivity contribution in [2.75, 3.05) is 26.7 Å². The molecule has 0 aromatic heterocycles. The van der Waals surface area contributed by atoms with Gasteiger partial charge in [-0.25, -0.2) is 0 Å². The van der Waals surface area contributed by atoms with Crippen molar-refractivity contribution in [2.45, 2.75) is 60.9 Å². The summed E-state index contributed by atoms with van der Waals surface area (Å²) in [5, 5.41) is 0. The van der Waals surface area contributed by atoms with E-state index in [1.165, 1.54) is 0 Å². The van der Waals surface area contributed by atoms with Crippen molar-refractivity contribution in [3.8, 4) is 0 Å². The predicted molar refractivity (Wildman–Crippen MR) is 80.8 cm³/mol. The Bertz CT molecular complexity index is 205. The molecule has 1 atom stereocenters. The molecule has 1 rings (SSSR count). The molecule has 0 bridgehead atoms. The van der Waals surface area contributed by atoms with Crippen LogP contribution in [0.15, 0.2) is 0 Å². The summed E-state index contributed by atoms with van der Waals surface area (Å²) in [6.45, 7) is 17.2. The minimum absolute atomic E-state index is 0.319. The molecule has 1 saturated heterocycles. The number of likely N-dealkylation sites (N-methyl/N-ethyl adjacent to an activating group) is 1. The number of hydrogen-bond acceptors (Lipinski definition) is 2. The zero-order valence-corrected chi connectivity index (χ0v) is 13.8. The Labute approximate surface area is 115 Å².